The predicted octanol–water partition coefficient (Wildman–Crippen LogP) is 3.28. The van der Waals surface area contributed by atoms with Gasteiger partial charge in [-0.05, 0) is 43.3 Å². The second-order valence-corrected chi connectivity index (χ2v) is 9.45. The normalized spacial score (nSPS) is 11.4. The molecule has 0 atom stereocenters. The zero-order valence-corrected chi connectivity index (χ0v) is 18.2. The van der Waals surface area contributed by atoms with Crippen molar-refractivity contribution >= 4 is 21.6 Å². The van der Waals surface area contributed by atoms with E-state index < -0.39 is 9.84 Å². The number of ether oxygens (including phenoxy) is 2. The van der Waals surface area contributed by atoms with Crippen LogP contribution in [0.15, 0.2) is 58.6 Å². The van der Waals surface area contributed by atoms with Gasteiger partial charge in [0.1, 0.15) is 23.1 Å². The van der Waals surface area contributed by atoms with Crippen LogP contribution in [0, 0.1) is 6.92 Å². The monoisotopic (exact) mass is 433 g/mol. The van der Waals surface area contributed by atoms with Gasteiger partial charge in [0.2, 0.25) is 0 Å². The molecule has 7 nitrogen and oxygen atoms in total. The number of hydrogen-bond acceptors (Lipinski definition) is 7. The summed E-state index contributed by atoms with van der Waals surface area (Å²) in [6, 6.07) is 14.2. The van der Waals surface area contributed by atoms with Crippen molar-refractivity contribution in [2.45, 2.75) is 22.7 Å². The van der Waals surface area contributed by atoms with Crippen molar-refractivity contribution in [2.75, 3.05) is 19.5 Å². The fourth-order valence-electron chi connectivity index (χ4n) is 2.56. The number of methoxy groups -OCH3 is 1. The van der Waals surface area contributed by atoms with E-state index in [-0.39, 0.29) is 10.6 Å². The first-order valence-corrected chi connectivity index (χ1v) is 11.6. The molecule has 0 bridgehead atoms. The Morgan fingerprint density at radius 2 is 1.66 bits per heavy atom. The molecule has 0 spiro atoms. The summed E-state index contributed by atoms with van der Waals surface area (Å²) in [5, 5.41) is 8.82. The van der Waals surface area contributed by atoms with Crippen LogP contribution in [0.25, 0.3) is 0 Å². The van der Waals surface area contributed by atoms with E-state index in [1.54, 1.807) is 43.0 Å². The van der Waals surface area contributed by atoms with Crippen molar-refractivity contribution in [3.63, 3.8) is 0 Å². The molecule has 0 aliphatic heterocycles. The van der Waals surface area contributed by atoms with Crippen LogP contribution in [-0.2, 0) is 22.6 Å². The maximum Gasteiger partial charge on any atom is 0.191 e. The zero-order valence-electron chi connectivity index (χ0n) is 16.5. The van der Waals surface area contributed by atoms with Gasteiger partial charge in [0, 0.05) is 12.8 Å². The molecule has 1 aromatic heterocycles. The number of aryl methyl sites for hydroxylation is 1. The highest BCUT2D eigenvalue weighted by molar-refractivity contribution is 7.99. The van der Waals surface area contributed by atoms with E-state index in [1.165, 1.54) is 11.8 Å². The van der Waals surface area contributed by atoms with Gasteiger partial charge in [-0.1, -0.05) is 29.5 Å². The molecule has 0 aliphatic rings. The smallest absolute Gasteiger partial charge is 0.191 e. The Morgan fingerprint density at radius 1 is 1.00 bits per heavy atom. The number of hydrogen-bond donors (Lipinski definition) is 0. The van der Waals surface area contributed by atoms with E-state index >= 15 is 0 Å². The Bertz CT molecular complexity index is 1050. The van der Waals surface area contributed by atoms with Crippen molar-refractivity contribution in [1.82, 2.24) is 14.8 Å². The molecule has 3 aromatic rings. The fraction of sp³-hybridized carbons (Fsp3) is 0.300. The summed E-state index contributed by atoms with van der Waals surface area (Å²) in [6.07, 6.45) is 0. The maximum atomic E-state index is 12.6. The molecule has 29 heavy (non-hydrogen) atoms. The second-order valence-electron chi connectivity index (χ2n) is 6.40. The van der Waals surface area contributed by atoms with Crippen LogP contribution >= 0.6 is 11.8 Å². The Kier molecular flexibility index (Phi) is 6.81. The third kappa shape index (κ3) is 5.51. The summed E-state index contributed by atoms with van der Waals surface area (Å²) in [7, 11) is -0.0845. The first-order chi connectivity index (χ1) is 13.9. The van der Waals surface area contributed by atoms with Gasteiger partial charge in [0.05, 0.1) is 18.6 Å². The van der Waals surface area contributed by atoms with Crippen molar-refractivity contribution in [1.29, 1.82) is 0 Å². The summed E-state index contributed by atoms with van der Waals surface area (Å²) >= 11 is 1.46. The largest absolute Gasteiger partial charge is 0.497 e. The highest BCUT2D eigenvalue weighted by Crippen LogP contribution is 2.21. The topological polar surface area (TPSA) is 83.3 Å². The van der Waals surface area contributed by atoms with Crippen molar-refractivity contribution in [3.8, 4) is 11.5 Å². The van der Waals surface area contributed by atoms with Crippen LogP contribution in [0.3, 0.4) is 0 Å². The van der Waals surface area contributed by atoms with E-state index in [4.69, 9.17) is 9.47 Å². The molecule has 0 unspecified atom stereocenters. The average Bonchev–Trinajstić information content (AvgIpc) is 3.05. The van der Waals surface area contributed by atoms with Gasteiger partial charge in [-0.15, -0.1) is 10.2 Å². The van der Waals surface area contributed by atoms with Gasteiger partial charge in [0.25, 0.3) is 0 Å². The summed E-state index contributed by atoms with van der Waals surface area (Å²) in [4.78, 5) is 0.285. The molecule has 0 fully saturated rings. The third-order valence-corrected chi connectivity index (χ3v) is 6.88. The molecule has 2 aromatic carbocycles. The van der Waals surface area contributed by atoms with Crippen LogP contribution in [-0.4, -0.2) is 42.7 Å². The Morgan fingerprint density at radius 3 is 2.31 bits per heavy atom. The molecule has 0 aliphatic carbocycles. The number of nitrogens with zero attached hydrogens (tertiary/aromatic N) is 3. The minimum absolute atomic E-state index is 0.192. The minimum atomic E-state index is -3.47. The third-order valence-electron chi connectivity index (χ3n) is 4.27. The van der Waals surface area contributed by atoms with Crippen LogP contribution in [0.1, 0.15) is 11.4 Å². The number of sulfone groups is 1. The van der Waals surface area contributed by atoms with Gasteiger partial charge < -0.3 is 14.0 Å². The molecular weight excluding hydrogens is 410 g/mol. The van der Waals surface area contributed by atoms with E-state index in [0.29, 0.717) is 23.3 Å². The standard InChI is InChI=1S/C20H23N3O4S2/c1-15-4-10-18(11-5-15)29(24,25)14-19-21-22-20(23(19)2)28-13-12-27-17-8-6-16(26-3)7-9-17/h4-11H,12-14H2,1-3H3. The molecule has 3 rings (SSSR count). The van der Waals surface area contributed by atoms with Crippen molar-refractivity contribution in [2.24, 2.45) is 7.05 Å². The van der Waals surface area contributed by atoms with E-state index in [2.05, 4.69) is 10.2 Å². The molecule has 1 heterocycles. The Labute approximate surface area is 175 Å². The van der Waals surface area contributed by atoms with Gasteiger partial charge in [-0.25, -0.2) is 8.42 Å². The minimum Gasteiger partial charge on any atom is -0.497 e. The maximum absolute atomic E-state index is 12.6. The van der Waals surface area contributed by atoms with E-state index in [0.717, 1.165) is 17.1 Å². The lowest BCUT2D eigenvalue weighted by Gasteiger charge is -2.07. The fourth-order valence-corrected chi connectivity index (χ4v) is 4.62. The summed E-state index contributed by atoms with van der Waals surface area (Å²) in [6.45, 7) is 2.40. The highest BCUT2D eigenvalue weighted by atomic mass is 32.2. The van der Waals surface area contributed by atoms with Gasteiger partial charge in [0.15, 0.2) is 15.0 Å². The van der Waals surface area contributed by atoms with Crippen LogP contribution in [0.2, 0.25) is 0 Å². The van der Waals surface area contributed by atoms with Crippen LogP contribution in [0.4, 0.5) is 0 Å². The van der Waals surface area contributed by atoms with Crippen molar-refractivity contribution in [3.05, 3.63) is 59.9 Å². The lowest BCUT2D eigenvalue weighted by molar-refractivity contribution is 0.342. The summed E-state index contributed by atoms with van der Waals surface area (Å²) in [5.41, 5.74) is 1.01. The molecule has 154 valence electrons. The number of thioether (sulfide) groups is 1. The van der Waals surface area contributed by atoms with E-state index in [9.17, 15) is 8.42 Å². The predicted molar refractivity (Wildman–Crippen MR) is 112 cm³/mol. The number of rotatable bonds is 9. The molecule has 0 saturated carbocycles. The second kappa shape index (κ2) is 9.32. The average molecular weight is 434 g/mol. The van der Waals surface area contributed by atoms with Gasteiger partial charge in [-0.3, -0.25) is 0 Å². The number of benzene rings is 2. The summed E-state index contributed by atoms with van der Waals surface area (Å²) in [5.74, 6) is 2.41. The Balaban J connectivity index is 1.55. The molecule has 9 heteroatoms. The van der Waals surface area contributed by atoms with E-state index in [1.807, 2.05) is 31.2 Å². The lowest BCUT2D eigenvalue weighted by atomic mass is 10.2. The van der Waals surface area contributed by atoms with Crippen molar-refractivity contribution < 1.29 is 17.9 Å². The number of aromatic nitrogens is 3. The Hall–Kier alpha value is -2.52. The summed E-state index contributed by atoms with van der Waals surface area (Å²) < 4.78 is 37.8. The SMILES string of the molecule is COc1ccc(OCCSc2nnc(CS(=O)(=O)c3ccc(C)cc3)n2C)cc1. The molecular formula is C20H23N3O4S2. The molecule has 0 amide bonds. The molecule has 0 N–H and O–H groups in total. The van der Waals surface area contributed by atoms with Gasteiger partial charge in [-0.2, -0.15) is 0 Å². The zero-order chi connectivity index (χ0) is 20.9. The lowest BCUT2D eigenvalue weighted by Crippen LogP contribution is -2.10. The highest BCUT2D eigenvalue weighted by Gasteiger charge is 2.20. The quantitative estimate of drug-likeness (QED) is 0.378. The van der Waals surface area contributed by atoms with Gasteiger partial charge >= 0.3 is 0 Å². The van der Waals surface area contributed by atoms with Crippen LogP contribution < -0.4 is 9.47 Å². The first-order valence-electron chi connectivity index (χ1n) is 8.96. The first kappa shape index (κ1) is 21.2. The van der Waals surface area contributed by atoms with Crippen LogP contribution in [0.5, 0.6) is 11.5 Å². The molecule has 0 radical (unpaired) electrons. The molecule has 0 saturated heterocycles.